The Balaban J connectivity index is 1.63. The number of hydrogen-bond donors (Lipinski definition) is 0. The van der Waals surface area contributed by atoms with Gasteiger partial charge in [-0.25, -0.2) is 0 Å². The summed E-state index contributed by atoms with van der Waals surface area (Å²) < 4.78 is 0. The Morgan fingerprint density at radius 2 is 0.949 bits per heavy atom. The van der Waals surface area contributed by atoms with Gasteiger partial charge in [-0.2, -0.15) is 0 Å². The lowest BCUT2D eigenvalue weighted by molar-refractivity contribution is 0.589. The molecule has 0 aliphatic rings. The van der Waals surface area contributed by atoms with Gasteiger partial charge in [0.2, 0.25) is 0 Å². The third kappa shape index (κ3) is 5.83. The molecule has 0 nitrogen and oxygen atoms in total. The molecule has 0 spiro atoms. The maximum Gasteiger partial charge on any atom is 0.0207 e. The molecular formula is C37H38S2. The molecule has 0 heterocycles. The van der Waals surface area contributed by atoms with E-state index in [1.54, 1.807) is 0 Å². The van der Waals surface area contributed by atoms with Crippen molar-refractivity contribution in [3.63, 3.8) is 0 Å². The molecule has 2 heteroatoms. The summed E-state index contributed by atoms with van der Waals surface area (Å²) in [7, 11) is 0. The minimum Gasteiger partial charge on any atom is -0.0955 e. The number of allylic oxidation sites excluding steroid dienone is 1. The molecule has 0 aliphatic carbocycles. The molecule has 0 unspecified atom stereocenters. The smallest absolute Gasteiger partial charge is 0.0207 e. The molecule has 0 fully saturated rings. The molecule has 0 saturated heterocycles. The number of fused-ring (bicyclic) bond motifs is 2. The van der Waals surface area contributed by atoms with Crippen LogP contribution in [0.1, 0.15) is 65.2 Å². The van der Waals surface area contributed by atoms with E-state index in [1.807, 2.05) is 23.5 Å². The lowest BCUT2D eigenvalue weighted by atomic mass is 9.87. The Hall–Kier alpha value is -2.94. The van der Waals surface area contributed by atoms with Crippen molar-refractivity contribution < 1.29 is 0 Å². The van der Waals surface area contributed by atoms with Crippen molar-refractivity contribution in [2.75, 3.05) is 0 Å². The second kappa shape index (κ2) is 10.6. The second-order valence-electron chi connectivity index (χ2n) is 12.5. The molecule has 5 aromatic carbocycles. The van der Waals surface area contributed by atoms with Crippen LogP contribution in [0.15, 0.2) is 117 Å². The normalized spacial score (nSPS) is 12.3. The van der Waals surface area contributed by atoms with Gasteiger partial charge in [-0.15, -0.1) is 0 Å². The maximum absolute atomic E-state index is 4.48. The molecule has 0 aliphatic heterocycles. The summed E-state index contributed by atoms with van der Waals surface area (Å²) in [6.45, 7) is 20.2. The van der Waals surface area contributed by atoms with Crippen LogP contribution < -0.4 is 0 Å². The van der Waals surface area contributed by atoms with Gasteiger partial charge in [0.1, 0.15) is 0 Å². The fourth-order valence-corrected chi connectivity index (χ4v) is 7.05. The van der Waals surface area contributed by atoms with Crippen molar-refractivity contribution in [3.8, 4) is 0 Å². The summed E-state index contributed by atoms with van der Waals surface area (Å²) in [5.74, 6) is 0. The lowest BCUT2D eigenvalue weighted by Gasteiger charge is -2.20. The standard InChI is InChI=1S/C37H38S2/c1-24(2)33-34-25(11-9-13-31(34)38-29-19-15-27(16-20-29)36(3,4)5)23-26-12-10-14-32(35(26)33)39-30-21-17-28(18-22-30)37(6,7)8/h9-23H,1H2,2-8H3. The largest absolute Gasteiger partial charge is 0.0955 e. The summed E-state index contributed by atoms with van der Waals surface area (Å²) in [6, 6.07) is 33.8. The molecule has 0 aromatic heterocycles. The zero-order chi connectivity index (χ0) is 27.9. The van der Waals surface area contributed by atoms with Crippen LogP contribution in [-0.2, 0) is 10.8 Å². The third-order valence-electron chi connectivity index (χ3n) is 7.25. The van der Waals surface area contributed by atoms with Crippen LogP contribution in [-0.4, -0.2) is 0 Å². The van der Waals surface area contributed by atoms with E-state index in [0.29, 0.717) is 0 Å². The van der Waals surface area contributed by atoms with Gasteiger partial charge in [-0.1, -0.05) is 120 Å². The first-order chi connectivity index (χ1) is 18.4. The van der Waals surface area contributed by atoms with E-state index in [2.05, 4.69) is 146 Å². The van der Waals surface area contributed by atoms with Gasteiger partial charge in [0.25, 0.3) is 0 Å². The Kier molecular flexibility index (Phi) is 7.48. The molecule has 0 N–H and O–H groups in total. The minimum atomic E-state index is 0.149. The van der Waals surface area contributed by atoms with Crippen LogP contribution in [0.5, 0.6) is 0 Å². The predicted octanol–water partition coefficient (Wildman–Crippen LogP) is 11.9. The van der Waals surface area contributed by atoms with Crippen LogP contribution in [0.3, 0.4) is 0 Å². The first-order valence-corrected chi connectivity index (χ1v) is 15.3. The van der Waals surface area contributed by atoms with Gasteiger partial charge in [-0.05, 0) is 93.3 Å². The topological polar surface area (TPSA) is 0 Å². The van der Waals surface area contributed by atoms with E-state index in [-0.39, 0.29) is 10.8 Å². The van der Waals surface area contributed by atoms with E-state index in [4.69, 9.17) is 0 Å². The van der Waals surface area contributed by atoms with Gasteiger partial charge >= 0.3 is 0 Å². The zero-order valence-electron chi connectivity index (χ0n) is 24.2. The van der Waals surface area contributed by atoms with Crippen molar-refractivity contribution in [1.29, 1.82) is 0 Å². The molecule has 0 amide bonds. The van der Waals surface area contributed by atoms with Crippen molar-refractivity contribution in [3.05, 3.63) is 114 Å². The summed E-state index contributed by atoms with van der Waals surface area (Å²) in [4.78, 5) is 5.05. The minimum absolute atomic E-state index is 0.149. The number of benzene rings is 5. The molecule has 0 radical (unpaired) electrons. The molecule has 5 rings (SSSR count). The summed E-state index contributed by atoms with van der Waals surface area (Å²) in [5.41, 5.74) is 5.36. The van der Waals surface area contributed by atoms with Gasteiger partial charge in [-0.3, -0.25) is 0 Å². The lowest BCUT2D eigenvalue weighted by Crippen LogP contribution is -2.10. The van der Waals surface area contributed by atoms with Crippen LogP contribution >= 0.6 is 23.5 Å². The predicted molar refractivity (Wildman–Crippen MR) is 175 cm³/mol. The van der Waals surface area contributed by atoms with E-state index >= 15 is 0 Å². The summed E-state index contributed by atoms with van der Waals surface area (Å²) in [6.07, 6.45) is 0. The van der Waals surface area contributed by atoms with Crippen molar-refractivity contribution in [1.82, 2.24) is 0 Å². The Labute approximate surface area is 242 Å². The number of rotatable bonds is 5. The molecule has 0 saturated carbocycles. The highest BCUT2D eigenvalue weighted by Gasteiger charge is 2.18. The third-order valence-corrected chi connectivity index (χ3v) is 9.39. The van der Waals surface area contributed by atoms with Crippen LogP contribution in [0.4, 0.5) is 0 Å². The first-order valence-electron chi connectivity index (χ1n) is 13.6. The Bertz CT molecular complexity index is 1540. The van der Waals surface area contributed by atoms with Crippen molar-refractivity contribution in [2.45, 2.75) is 78.9 Å². The molecule has 5 aromatic rings. The van der Waals surface area contributed by atoms with Gasteiger partial charge in [0, 0.05) is 30.4 Å². The van der Waals surface area contributed by atoms with Crippen LogP contribution in [0, 0.1) is 0 Å². The molecule has 0 atom stereocenters. The quantitative estimate of drug-likeness (QED) is 0.201. The average Bonchev–Trinajstić information content (AvgIpc) is 2.87. The van der Waals surface area contributed by atoms with Crippen LogP contribution in [0.25, 0.3) is 27.1 Å². The fraction of sp³-hybridized carbons (Fsp3) is 0.243. The Morgan fingerprint density at radius 1 is 0.564 bits per heavy atom. The fourth-order valence-electron chi connectivity index (χ4n) is 5.06. The van der Waals surface area contributed by atoms with Crippen LogP contribution in [0.2, 0.25) is 0 Å². The van der Waals surface area contributed by atoms with Gasteiger partial charge in [0.05, 0.1) is 0 Å². The van der Waals surface area contributed by atoms with Gasteiger partial charge in [0.15, 0.2) is 0 Å². The molecule has 198 valence electrons. The Morgan fingerprint density at radius 3 is 1.28 bits per heavy atom. The molecule has 0 bridgehead atoms. The number of hydrogen-bond acceptors (Lipinski definition) is 2. The maximum atomic E-state index is 4.48. The molecule has 39 heavy (non-hydrogen) atoms. The van der Waals surface area contributed by atoms with E-state index < -0.39 is 0 Å². The van der Waals surface area contributed by atoms with E-state index in [0.717, 1.165) is 5.57 Å². The SMILES string of the molecule is C=C(C)c1c2c(Sc3ccc(C(C)(C)C)cc3)cccc2cc2cccc(Sc3ccc(C(C)(C)C)cc3)c12. The highest BCUT2D eigenvalue weighted by atomic mass is 32.2. The summed E-state index contributed by atoms with van der Waals surface area (Å²) in [5, 5.41) is 5.10. The van der Waals surface area contributed by atoms with Crippen molar-refractivity contribution in [2.24, 2.45) is 0 Å². The monoisotopic (exact) mass is 546 g/mol. The van der Waals surface area contributed by atoms with E-state index in [9.17, 15) is 0 Å². The van der Waals surface area contributed by atoms with Gasteiger partial charge < -0.3 is 0 Å². The zero-order valence-corrected chi connectivity index (χ0v) is 25.8. The first kappa shape index (κ1) is 27.6. The average molecular weight is 547 g/mol. The highest BCUT2D eigenvalue weighted by molar-refractivity contribution is 7.99. The highest BCUT2D eigenvalue weighted by Crippen LogP contribution is 2.44. The van der Waals surface area contributed by atoms with E-state index in [1.165, 1.54) is 57.8 Å². The second-order valence-corrected chi connectivity index (χ2v) is 14.7. The molecular weight excluding hydrogens is 509 g/mol. The van der Waals surface area contributed by atoms with Crippen molar-refractivity contribution >= 4 is 50.6 Å². The summed E-state index contributed by atoms with van der Waals surface area (Å²) >= 11 is 3.68.